The lowest BCUT2D eigenvalue weighted by atomic mass is 10.2. The Morgan fingerprint density at radius 3 is 2.16 bits per heavy atom. The fraction of sp³-hybridized carbons (Fsp3) is 0.316. The first-order chi connectivity index (χ1) is 14.8. The summed E-state index contributed by atoms with van der Waals surface area (Å²) in [4.78, 5) is 0. The third kappa shape index (κ3) is 7.90. The molecule has 0 aromatic heterocycles. The number of thiocarbonyl (C=S) groups is 1. The third-order valence-corrected chi connectivity index (χ3v) is 4.42. The second-order valence-electron chi connectivity index (χ2n) is 6.44. The van der Waals surface area contributed by atoms with Crippen molar-refractivity contribution in [3.63, 3.8) is 0 Å². The topological polar surface area (TPSA) is 42.5 Å². The standard InChI is InChI=1S/C19H16ClF7N2O2S/c1-10-14(20)3-2-4-15(10)29-17(32)28-11-5-12(30-8-18(23,24)16(21)22)7-13(6-11)31-9-19(25,26)27/h2-7,16H,8-9H2,1H3,(H2,28,29,32). The highest BCUT2D eigenvalue weighted by Gasteiger charge is 2.41. The minimum absolute atomic E-state index is 0.00258. The Morgan fingerprint density at radius 1 is 1.00 bits per heavy atom. The highest BCUT2D eigenvalue weighted by Crippen LogP contribution is 2.31. The molecule has 0 unspecified atom stereocenters. The average molecular weight is 505 g/mol. The van der Waals surface area contributed by atoms with Crippen molar-refractivity contribution in [2.75, 3.05) is 23.8 Å². The van der Waals surface area contributed by atoms with Gasteiger partial charge in [-0.2, -0.15) is 22.0 Å². The largest absolute Gasteiger partial charge is 0.487 e. The summed E-state index contributed by atoms with van der Waals surface area (Å²) < 4.78 is 97.6. The van der Waals surface area contributed by atoms with Crippen molar-refractivity contribution in [3.8, 4) is 11.5 Å². The molecular formula is C19H16ClF7N2O2S. The lowest BCUT2D eigenvalue weighted by Gasteiger charge is -2.18. The lowest BCUT2D eigenvalue weighted by Crippen LogP contribution is -2.33. The van der Waals surface area contributed by atoms with E-state index in [9.17, 15) is 30.7 Å². The Hall–Kier alpha value is -2.47. The number of alkyl halides is 7. The SMILES string of the molecule is Cc1c(Cl)cccc1NC(=S)Nc1cc(OCC(F)(F)F)cc(OCC(F)(F)C(F)F)c1. The van der Waals surface area contributed by atoms with Crippen LogP contribution in [-0.4, -0.2) is 36.9 Å². The predicted octanol–water partition coefficient (Wildman–Crippen LogP) is 6.68. The summed E-state index contributed by atoms with van der Waals surface area (Å²) in [6.07, 6.45) is -8.66. The van der Waals surface area contributed by atoms with Crippen molar-refractivity contribution in [1.29, 1.82) is 0 Å². The number of hydrogen-bond donors (Lipinski definition) is 2. The van der Waals surface area contributed by atoms with Gasteiger partial charge in [-0.05, 0) is 36.8 Å². The first kappa shape index (κ1) is 25.8. The molecule has 0 radical (unpaired) electrons. The number of anilines is 2. The van der Waals surface area contributed by atoms with Gasteiger partial charge < -0.3 is 20.1 Å². The fourth-order valence-corrected chi connectivity index (χ4v) is 2.65. The maximum absolute atomic E-state index is 13.1. The summed E-state index contributed by atoms with van der Waals surface area (Å²) in [7, 11) is 0. The van der Waals surface area contributed by atoms with E-state index < -0.39 is 43.2 Å². The van der Waals surface area contributed by atoms with Crippen LogP contribution in [0, 0.1) is 6.92 Å². The van der Waals surface area contributed by atoms with Gasteiger partial charge in [0, 0.05) is 34.6 Å². The lowest BCUT2D eigenvalue weighted by molar-refractivity contribution is -0.153. The molecule has 0 heterocycles. The van der Waals surface area contributed by atoms with Gasteiger partial charge in [0.1, 0.15) is 11.5 Å². The highest BCUT2D eigenvalue weighted by molar-refractivity contribution is 7.80. The van der Waals surface area contributed by atoms with Crippen LogP contribution in [0.25, 0.3) is 0 Å². The molecule has 2 rings (SSSR count). The summed E-state index contributed by atoms with van der Waals surface area (Å²) in [6.45, 7) is -1.65. The molecule has 4 nitrogen and oxygen atoms in total. The van der Waals surface area contributed by atoms with Gasteiger partial charge in [0.2, 0.25) is 0 Å². The van der Waals surface area contributed by atoms with Gasteiger partial charge in [0.05, 0.1) is 0 Å². The van der Waals surface area contributed by atoms with E-state index in [0.717, 1.165) is 18.2 Å². The number of halogens is 8. The van der Waals surface area contributed by atoms with Crippen molar-refractivity contribution in [2.45, 2.75) is 25.4 Å². The van der Waals surface area contributed by atoms with Crippen LogP contribution < -0.4 is 20.1 Å². The molecule has 0 aliphatic carbocycles. The van der Waals surface area contributed by atoms with Crippen LogP contribution in [-0.2, 0) is 0 Å². The van der Waals surface area contributed by atoms with Gasteiger partial charge >= 0.3 is 18.5 Å². The minimum Gasteiger partial charge on any atom is -0.487 e. The smallest absolute Gasteiger partial charge is 0.422 e. The number of nitrogens with one attached hydrogen (secondary N) is 2. The van der Waals surface area contributed by atoms with Crippen LogP contribution in [0.3, 0.4) is 0 Å². The molecule has 2 aromatic carbocycles. The molecule has 13 heteroatoms. The maximum atomic E-state index is 13.1. The van der Waals surface area contributed by atoms with E-state index in [-0.39, 0.29) is 10.8 Å². The first-order valence-electron chi connectivity index (χ1n) is 8.73. The Balaban J connectivity index is 2.21. The summed E-state index contributed by atoms with van der Waals surface area (Å²) >= 11 is 11.2. The molecule has 0 bridgehead atoms. The second-order valence-corrected chi connectivity index (χ2v) is 7.25. The Morgan fingerprint density at radius 2 is 1.59 bits per heavy atom. The van der Waals surface area contributed by atoms with Crippen LogP contribution >= 0.6 is 23.8 Å². The first-order valence-corrected chi connectivity index (χ1v) is 9.52. The molecule has 176 valence electrons. The van der Waals surface area contributed by atoms with Crippen LogP contribution in [0.2, 0.25) is 5.02 Å². The number of benzene rings is 2. The Kier molecular flexibility index (Phi) is 8.41. The van der Waals surface area contributed by atoms with E-state index >= 15 is 0 Å². The molecule has 0 spiro atoms. The molecule has 0 aliphatic rings. The van der Waals surface area contributed by atoms with Crippen molar-refractivity contribution in [1.82, 2.24) is 0 Å². The van der Waals surface area contributed by atoms with E-state index in [1.54, 1.807) is 25.1 Å². The van der Waals surface area contributed by atoms with E-state index in [2.05, 4.69) is 20.1 Å². The summed E-state index contributed by atoms with van der Waals surface area (Å²) in [6, 6.07) is 8.01. The van der Waals surface area contributed by atoms with Crippen molar-refractivity contribution in [2.24, 2.45) is 0 Å². The van der Waals surface area contributed by atoms with Crippen LogP contribution in [0.1, 0.15) is 5.56 Å². The Labute approximate surface area is 188 Å². The van der Waals surface area contributed by atoms with Gasteiger partial charge in [-0.25, -0.2) is 8.78 Å². The fourth-order valence-electron chi connectivity index (χ4n) is 2.25. The van der Waals surface area contributed by atoms with Gasteiger partial charge in [-0.1, -0.05) is 17.7 Å². The highest BCUT2D eigenvalue weighted by atomic mass is 35.5. The second kappa shape index (κ2) is 10.4. The summed E-state index contributed by atoms with van der Waals surface area (Å²) in [5.74, 6) is -5.31. The van der Waals surface area contributed by atoms with E-state index in [0.29, 0.717) is 16.3 Å². The molecule has 0 saturated heterocycles. The number of rotatable bonds is 8. The maximum Gasteiger partial charge on any atom is 0.422 e. The summed E-state index contributed by atoms with van der Waals surface area (Å²) in [5.41, 5.74) is 1.20. The quantitative estimate of drug-likeness (QED) is 0.310. The molecule has 0 saturated carbocycles. The van der Waals surface area contributed by atoms with Crippen LogP contribution in [0.4, 0.5) is 42.1 Å². The monoisotopic (exact) mass is 504 g/mol. The molecule has 2 aromatic rings. The molecule has 2 N–H and O–H groups in total. The van der Waals surface area contributed by atoms with Gasteiger partial charge in [0.15, 0.2) is 18.3 Å². The molecule has 0 atom stereocenters. The van der Waals surface area contributed by atoms with Gasteiger partial charge in [0.25, 0.3) is 0 Å². The minimum atomic E-state index is -4.67. The molecule has 32 heavy (non-hydrogen) atoms. The molecular weight excluding hydrogens is 489 g/mol. The van der Waals surface area contributed by atoms with E-state index in [1.165, 1.54) is 0 Å². The van der Waals surface area contributed by atoms with Crippen LogP contribution in [0.5, 0.6) is 11.5 Å². The normalized spacial score (nSPS) is 11.9. The van der Waals surface area contributed by atoms with Crippen molar-refractivity contribution >= 4 is 40.3 Å². The van der Waals surface area contributed by atoms with Crippen molar-refractivity contribution < 1.29 is 40.2 Å². The van der Waals surface area contributed by atoms with Gasteiger partial charge in [-0.15, -0.1) is 0 Å². The Bertz CT molecular complexity index is 958. The third-order valence-electron chi connectivity index (χ3n) is 3.81. The van der Waals surface area contributed by atoms with Crippen LogP contribution in [0.15, 0.2) is 36.4 Å². The van der Waals surface area contributed by atoms with Gasteiger partial charge in [-0.3, -0.25) is 0 Å². The van der Waals surface area contributed by atoms with E-state index in [1.807, 2.05) is 0 Å². The number of ether oxygens (including phenoxy) is 2. The average Bonchev–Trinajstić information content (AvgIpc) is 2.68. The summed E-state index contributed by atoms with van der Waals surface area (Å²) in [5, 5.41) is 5.89. The number of hydrogen-bond acceptors (Lipinski definition) is 3. The predicted molar refractivity (Wildman–Crippen MR) is 110 cm³/mol. The zero-order chi connectivity index (χ0) is 24.1. The zero-order valence-corrected chi connectivity index (χ0v) is 17.8. The van der Waals surface area contributed by atoms with E-state index in [4.69, 9.17) is 23.8 Å². The molecule has 0 aliphatic heterocycles. The zero-order valence-electron chi connectivity index (χ0n) is 16.2. The molecule has 0 fully saturated rings. The molecule has 0 amide bonds. The van der Waals surface area contributed by atoms with Crippen molar-refractivity contribution in [3.05, 3.63) is 47.0 Å².